The Labute approximate surface area is 106 Å². The lowest BCUT2D eigenvalue weighted by Gasteiger charge is -2.19. The van der Waals surface area contributed by atoms with Gasteiger partial charge >= 0.3 is 0 Å². The van der Waals surface area contributed by atoms with Gasteiger partial charge in [-0.2, -0.15) is 0 Å². The van der Waals surface area contributed by atoms with Crippen LogP contribution in [0.25, 0.3) is 0 Å². The lowest BCUT2D eigenvalue weighted by atomic mass is 10.3. The molecule has 0 amide bonds. The van der Waals surface area contributed by atoms with E-state index in [-0.39, 0.29) is 6.61 Å². The number of aliphatic hydroxyl groups is 1. The summed E-state index contributed by atoms with van der Waals surface area (Å²) in [6.07, 6.45) is 2.06. The second kappa shape index (κ2) is 8.01. The Balaban J connectivity index is 2.35. The van der Waals surface area contributed by atoms with Gasteiger partial charge in [-0.3, -0.25) is 0 Å². The second-order valence-corrected chi connectivity index (χ2v) is 4.89. The molecule has 0 saturated heterocycles. The number of aromatic nitrogens is 1. The molecule has 0 aliphatic carbocycles. The van der Waals surface area contributed by atoms with Gasteiger partial charge in [0, 0.05) is 24.9 Å². The maximum Gasteiger partial charge on any atom is 0.0941 e. The molecule has 92 valence electrons. The maximum absolute atomic E-state index is 8.93. The molecule has 5 heteroatoms. The normalized spacial score (nSPS) is 11.2. The van der Waals surface area contributed by atoms with Crippen molar-refractivity contribution in [3.05, 3.63) is 16.1 Å². The molecule has 1 N–H and O–H groups in total. The predicted octanol–water partition coefficient (Wildman–Crippen LogP) is 2.13. The largest absolute Gasteiger partial charge is 0.395 e. The third-order valence-corrected chi connectivity index (χ3v) is 3.57. The number of hydrogen-bond acceptors (Lipinski definition) is 4. The summed E-state index contributed by atoms with van der Waals surface area (Å²) in [5.74, 6) is 0.492. The van der Waals surface area contributed by atoms with Gasteiger partial charge in [0.2, 0.25) is 0 Å². The molecular formula is C11H19ClN2OS. The molecule has 0 atom stereocenters. The minimum absolute atomic E-state index is 0.227. The van der Waals surface area contributed by atoms with Gasteiger partial charge in [0.15, 0.2) is 0 Å². The molecule has 0 aromatic carbocycles. The maximum atomic E-state index is 8.93. The summed E-state index contributed by atoms with van der Waals surface area (Å²) >= 11 is 7.37. The number of thiazole rings is 1. The molecule has 0 aliphatic rings. The predicted molar refractivity (Wildman–Crippen MR) is 69.2 cm³/mol. The van der Waals surface area contributed by atoms with Gasteiger partial charge in [-0.1, -0.05) is 6.92 Å². The van der Waals surface area contributed by atoms with Gasteiger partial charge in [-0.05, 0) is 13.0 Å². The van der Waals surface area contributed by atoms with Gasteiger partial charge in [0.05, 0.1) is 23.2 Å². The van der Waals surface area contributed by atoms with Crippen LogP contribution < -0.4 is 0 Å². The number of halogens is 1. The lowest BCUT2D eigenvalue weighted by molar-refractivity contribution is 0.197. The number of alkyl halides is 1. The highest BCUT2D eigenvalue weighted by Crippen LogP contribution is 2.12. The molecular weight excluding hydrogens is 244 g/mol. The monoisotopic (exact) mass is 262 g/mol. The number of aliphatic hydroxyl groups excluding tert-OH is 1. The summed E-state index contributed by atoms with van der Waals surface area (Å²) in [4.78, 5) is 6.68. The zero-order valence-electron chi connectivity index (χ0n) is 9.65. The zero-order chi connectivity index (χ0) is 11.8. The molecule has 1 rings (SSSR count). The van der Waals surface area contributed by atoms with Gasteiger partial charge in [-0.15, -0.1) is 22.9 Å². The molecule has 0 fully saturated rings. The number of hydrogen-bond donors (Lipinski definition) is 1. The molecule has 0 radical (unpaired) electrons. The summed E-state index contributed by atoms with van der Waals surface area (Å²) in [7, 11) is 0. The van der Waals surface area contributed by atoms with E-state index in [1.807, 2.05) is 5.38 Å². The van der Waals surface area contributed by atoms with E-state index < -0.39 is 0 Å². The highest BCUT2D eigenvalue weighted by Gasteiger charge is 2.06. The molecule has 0 bridgehead atoms. The summed E-state index contributed by atoms with van der Waals surface area (Å²) in [5, 5.41) is 12.1. The minimum Gasteiger partial charge on any atom is -0.395 e. The fourth-order valence-electron chi connectivity index (χ4n) is 1.57. The van der Waals surface area contributed by atoms with Crippen molar-refractivity contribution in [3.63, 3.8) is 0 Å². The zero-order valence-corrected chi connectivity index (χ0v) is 11.2. The fourth-order valence-corrected chi connectivity index (χ4v) is 2.59. The average Bonchev–Trinajstić information content (AvgIpc) is 2.74. The van der Waals surface area contributed by atoms with Crippen LogP contribution in [0.15, 0.2) is 5.38 Å². The van der Waals surface area contributed by atoms with Gasteiger partial charge in [-0.25, -0.2) is 4.98 Å². The quantitative estimate of drug-likeness (QED) is 0.729. The minimum atomic E-state index is 0.227. The van der Waals surface area contributed by atoms with Crippen molar-refractivity contribution in [1.29, 1.82) is 0 Å². The molecule has 0 saturated carbocycles. The molecule has 3 nitrogen and oxygen atoms in total. The van der Waals surface area contributed by atoms with Gasteiger partial charge < -0.3 is 10.0 Å². The third-order valence-electron chi connectivity index (χ3n) is 2.33. The van der Waals surface area contributed by atoms with Crippen LogP contribution in [0.4, 0.5) is 0 Å². The van der Waals surface area contributed by atoms with E-state index in [1.54, 1.807) is 11.3 Å². The van der Waals surface area contributed by atoms with Crippen molar-refractivity contribution in [2.24, 2.45) is 0 Å². The molecule has 16 heavy (non-hydrogen) atoms. The summed E-state index contributed by atoms with van der Waals surface area (Å²) < 4.78 is 0. The van der Waals surface area contributed by atoms with Crippen LogP contribution in [0, 0.1) is 0 Å². The number of rotatable bonds is 8. The van der Waals surface area contributed by atoms with Crippen LogP contribution in [-0.2, 0) is 12.3 Å². The Morgan fingerprint density at radius 3 is 2.81 bits per heavy atom. The molecule has 1 heterocycles. The Morgan fingerprint density at radius 1 is 1.44 bits per heavy atom. The first-order valence-electron chi connectivity index (χ1n) is 5.62. The van der Waals surface area contributed by atoms with Crippen molar-refractivity contribution < 1.29 is 5.11 Å². The summed E-state index contributed by atoms with van der Waals surface area (Å²) in [6.45, 7) is 5.13. The summed E-state index contributed by atoms with van der Waals surface area (Å²) in [6, 6.07) is 0. The van der Waals surface area contributed by atoms with E-state index in [1.165, 1.54) is 0 Å². The second-order valence-electron chi connectivity index (χ2n) is 3.68. The topological polar surface area (TPSA) is 36.4 Å². The Morgan fingerprint density at radius 2 is 2.25 bits per heavy atom. The number of nitrogens with zero attached hydrogens (tertiary/aromatic N) is 2. The highest BCUT2D eigenvalue weighted by atomic mass is 35.5. The molecule has 1 aromatic rings. The van der Waals surface area contributed by atoms with Crippen molar-refractivity contribution in [2.45, 2.75) is 25.6 Å². The van der Waals surface area contributed by atoms with E-state index in [4.69, 9.17) is 16.7 Å². The highest BCUT2D eigenvalue weighted by molar-refractivity contribution is 7.09. The molecule has 1 aromatic heterocycles. The van der Waals surface area contributed by atoms with E-state index in [2.05, 4.69) is 16.8 Å². The van der Waals surface area contributed by atoms with Crippen LogP contribution >= 0.6 is 22.9 Å². The van der Waals surface area contributed by atoms with Crippen LogP contribution in [0.1, 0.15) is 24.0 Å². The van der Waals surface area contributed by atoms with E-state index in [0.717, 1.165) is 43.2 Å². The van der Waals surface area contributed by atoms with Crippen molar-refractivity contribution >= 4 is 22.9 Å². The van der Waals surface area contributed by atoms with Gasteiger partial charge in [0.1, 0.15) is 0 Å². The fraction of sp³-hybridized carbons (Fsp3) is 0.727. The Kier molecular flexibility index (Phi) is 6.96. The lowest BCUT2D eigenvalue weighted by Crippen LogP contribution is -2.29. The van der Waals surface area contributed by atoms with E-state index in [0.29, 0.717) is 5.88 Å². The standard InChI is InChI=1S/C11H19ClN2OS/c1-2-4-14(6-7-15)5-3-11-13-10(8-12)9-16-11/h9,15H,2-8H2,1H3. The first-order valence-corrected chi connectivity index (χ1v) is 7.04. The molecule has 0 spiro atoms. The van der Waals surface area contributed by atoms with Crippen molar-refractivity contribution in [3.8, 4) is 0 Å². The van der Waals surface area contributed by atoms with Crippen LogP contribution in [0.2, 0.25) is 0 Å². The van der Waals surface area contributed by atoms with Crippen molar-refractivity contribution in [2.75, 3.05) is 26.2 Å². The van der Waals surface area contributed by atoms with E-state index >= 15 is 0 Å². The average molecular weight is 263 g/mol. The first-order chi connectivity index (χ1) is 7.80. The van der Waals surface area contributed by atoms with Crippen LogP contribution in [0.5, 0.6) is 0 Å². The summed E-state index contributed by atoms with van der Waals surface area (Å²) in [5.41, 5.74) is 0.964. The molecule has 0 unspecified atom stereocenters. The Bertz CT molecular complexity index is 287. The smallest absolute Gasteiger partial charge is 0.0941 e. The van der Waals surface area contributed by atoms with Crippen LogP contribution in [-0.4, -0.2) is 41.2 Å². The van der Waals surface area contributed by atoms with Gasteiger partial charge in [0.25, 0.3) is 0 Å². The van der Waals surface area contributed by atoms with Crippen LogP contribution in [0.3, 0.4) is 0 Å². The molecule has 0 aliphatic heterocycles. The first kappa shape index (κ1) is 13.9. The SMILES string of the molecule is CCCN(CCO)CCc1nc(CCl)cs1. The Hall–Kier alpha value is -0.160. The van der Waals surface area contributed by atoms with E-state index in [9.17, 15) is 0 Å². The van der Waals surface area contributed by atoms with Crippen molar-refractivity contribution in [1.82, 2.24) is 9.88 Å². The third kappa shape index (κ3) is 4.78.